The third-order valence-corrected chi connectivity index (χ3v) is 4.49. The molecule has 0 saturated carbocycles. The van der Waals surface area contributed by atoms with Crippen LogP contribution >= 0.6 is 22.9 Å². The maximum absolute atomic E-state index is 9.51. The van der Waals surface area contributed by atoms with Gasteiger partial charge in [-0.1, -0.05) is 37.6 Å². The summed E-state index contributed by atoms with van der Waals surface area (Å²) in [4.78, 5) is 4.58. The summed E-state index contributed by atoms with van der Waals surface area (Å²) in [6.07, 6.45) is 0. The van der Waals surface area contributed by atoms with Crippen LogP contribution in [0.2, 0.25) is 5.02 Å². The lowest BCUT2D eigenvalue weighted by atomic mass is 10.1. The first-order valence-electron chi connectivity index (χ1n) is 6.64. The van der Waals surface area contributed by atoms with Crippen LogP contribution in [-0.2, 0) is 6.54 Å². The number of benzene rings is 1. The van der Waals surface area contributed by atoms with Gasteiger partial charge in [0.25, 0.3) is 0 Å². The summed E-state index contributed by atoms with van der Waals surface area (Å²) in [5.41, 5.74) is 2.04. The number of aliphatic hydroxyl groups is 1. The second-order valence-electron chi connectivity index (χ2n) is 5.00. The highest BCUT2D eigenvalue weighted by atomic mass is 35.5. The molecule has 0 saturated heterocycles. The van der Waals surface area contributed by atoms with Gasteiger partial charge in [-0.15, -0.1) is 11.3 Å². The Morgan fingerprint density at radius 3 is 2.55 bits per heavy atom. The Labute approximate surface area is 128 Å². The highest BCUT2D eigenvalue weighted by Crippen LogP contribution is 2.20. The minimum atomic E-state index is -0.100. The summed E-state index contributed by atoms with van der Waals surface area (Å²) >= 11 is 7.56. The molecule has 2 N–H and O–H groups in total. The first kappa shape index (κ1) is 15.4. The summed E-state index contributed by atoms with van der Waals surface area (Å²) in [6.45, 7) is 4.97. The number of aromatic nitrogens is 1. The molecule has 1 atom stereocenters. The van der Waals surface area contributed by atoms with Gasteiger partial charge >= 0.3 is 0 Å². The number of hydrogen-bond acceptors (Lipinski definition) is 4. The van der Waals surface area contributed by atoms with Crippen molar-refractivity contribution in [3.05, 3.63) is 50.9 Å². The molecule has 0 spiro atoms. The highest BCUT2D eigenvalue weighted by Gasteiger charge is 2.11. The molecule has 1 heterocycles. The van der Waals surface area contributed by atoms with E-state index in [-0.39, 0.29) is 12.6 Å². The van der Waals surface area contributed by atoms with Gasteiger partial charge in [0.15, 0.2) is 0 Å². The topological polar surface area (TPSA) is 45.2 Å². The lowest BCUT2D eigenvalue weighted by Crippen LogP contribution is -2.24. The molecule has 0 fully saturated rings. The molecule has 1 aromatic carbocycles. The standard InChI is InChI=1S/C15H19ClN2OS/c1-10(2)15-18-13(9-20-15)7-17-14(8-19)11-3-5-12(16)6-4-11/h3-6,9-10,14,17,19H,7-8H2,1-2H3. The largest absolute Gasteiger partial charge is 0.394 e. The van der Waals surface area contributed by atoms with Crippen LogP contribution in [0.3, 0.4) is 0 Å². The zero-order valence-corrected chi connectivity index (χ0v) is 13.2. The van der Waals surface area contributed by atoms with E-state index in [2.05, 4.69) is 29.5 Å². The Balaban J connectivity index is 1.98. The molecule has 5 heteroatoms. The number of halogens is 1. The Bertz CT molecular complexity index is 539. The zero-order chi connectivity index (χ0) is 14.5. The lowest BCUT2D eigenvalue weighted by molar-refractivity contribution is 0.243. The molecule has 20 heavy (non-hydrogen) atoms. The summed E-state index contributed by atoms with van der Waals surface area (Å²) in [5, 5.41) is 16.7. The smallest absolute Gasteiger partial charge is 0.0954 e. The van der Waals surface area contributed by atoms with Gasteiger partial charge in [-0.2, -0.15) is 0 Å². The number of thiazole rings is 1. The molecule has 3 nitrogen and oxygen atoms in total. The van der Waals surface area contributed by atoms with Gasteiger partial charge in [-0.25, -0.2) is 4.98 Å². The van der Waals surface area contributed by atoms with Gasteiger partial charge < -0.3 is 10.4 Å². The quantitative estimate of drug-likeness (QED) is 0.854. The third kappa shape index (κ3) is 4.03. The Hall–Kier alpha value is -0.940. The van der Waals surface area contributed by atoms with E-state index in [0.717, 1.165) is 16.3 Å². The summed E-state index contributed by atoms with van der Waals surface area (Å²) in [6, 6.07) is 7.42. The van der Waals surface area contributed by atoms with Gasteiger partial charge in [0.1, 0.15) is 0 Å². The highest BCUT2D eigenvalue weighted by molar-refractivity contribution is 7.09. The molecule has 0 bridgehead atoms. The van der Waals surface area contributed by atoms with Crippen molar-refractivity contribution in [1.82, 2.24) is 10.3 Å². The van der Waals surface area contributed by atoms with Crippen molar-refractivity contribution in [2.24, 2.45) is 0 Å². The van der Waals surface area contributed by atoms with Gasteiger partial charge in [0.2, 0.25) is 0 Å². The zero-order valence-electron chi connectivity index (χ0n) is 11.6. The average Bonchev–Trinajstić information content (AvgIpc) is 2.90. The van der Waals surface area contributed by atoms with Gasteiger partial charge in [0.05, 0.1) is 23.4 Å². The number of nitrogens with one attached hydrogen (secondary N) is 1. The molecular weight excluding hydrogens is 292 g/mol. The first-order chi connectivity index (χ1) is 9.60. The van der Waals surface area contributed by atoms with Crippen molar-refractivity contribution in [3.63, 3.8) is 0 Å². The predicted molar refractivity (Wildman–Crippen MR) is 84.3 cm³/mol. The minimum Gasteiger partial charge on any atom is -0.394 e. The van der Waals surface area contributed by atoms with Crippen molar-refractivity contribution in [2.75, 3.05) is 6.61 Å². The summed E-state index contributed by atoms with van der Waals surface area (Å²) < 4.78 is 0. The van der Waals surface area contributed by atoms with Gasteiger partial charge in [0, 0.05) is 22.9 Å². The van der Waals surface area contributed by atoms with Crippen LogP contribution in [0.5, 0.6) is 0 Å². The molecule has 0 radical (unpaired) electrons. The van der Waals surface area contributed by atoms with Crippen molar-refractivity contribution >= 4 is 22.9 Å². The van der Waals surface area contributed by atoms with Crippen molar-refractivity contribution < 1.29 is 5.11 Å². The van der Waals surface area contributed by atoms with E-state index in [9.17, 15) is 5.11 Å². The molecule has 2 rings (SSSR count). The number of nitrogens with zero attached hydrogens (tertiary/aromatic N) is 1. The fraction of sp³-hybridized carbons (Fsp3) is 0.400. The third-order valence-electron chi connectivity index (χ3n) is 3.05. The Morgan fingerprint density at radius 2 is 2.00 bits per heavy atom. The molecule has 2 aromatic rings. The van der Waals surface area contributed by atoms with E-state index in [1.807, 2.05) is 24.3 Å². The summed E-state index contributed by atoms with van der Waals surface area (Å²) in [5.74, 6) is 0.457. The van der Waals surface area contributed by atoms with Crippen LogP contribution in [0.1, 0.15) is 42.1 Å². The van der Waals surface area contributed by atoms with E-state index >= 15 is 0 Å². The first-order valence-corrected chi connectivity index (χ1v) is 7.90. The molecule has 108 valence electrons. The number of aliphatic hydroxyl groups excluding tert-OH is 1. The van der Waals surface area contributed by atoms with Crippen LogP contribution in [0.25, 0.3) is 0 Å². The molecule has 0 aliphatic carbocycles. The minimum absolute atomic E-state index is 0.0445. The second-order valence-corrected chi connectivity index (χ2v) is 6.33. The van der Waals surface area contributed by atoms with E-state index in [1.165, 1.54) is 0 Å². The SMILES string of the molecule is CC(C)c1nc(CNC(CO)c2ccc(Cl)cc2)cs1. The van der Waals surface area contributed by atoms with Crippen molar-refractivity contribution in [3.8, 4) is 0 Å². The van der Waals surface area contributed by atoms with Crippen LogP contribution in [0, 0.1) is 0 Å². The average molecular weight is 311 g/mol. The Kier molecular flexibility index (Phi) is 5.54. The molecule has 0 aliphatic rings. The molecule has 0 amide bonds. The van der Waals surface area contributed by atoms with Crippen molar-refractivity contribution in [1.29, 1.82) is 0 Å². The predicted octanol–water partition coefficient (Wildman–Crippen LogP) is 3.74. The second kappa shape index (κ2) is 7.18. The van der Waals surface area contributed by atoms with E-state index in [1.54, 1.807) is 11.3 Å². The van der Waals surface area contributed by atoms with Gasteiger partial charge in [-0.05, 0) is 17.7 Å². The van der Waals surface area contributed by atoms with Crippen LogP contribution in [-0.4, -0.2) is 16.7 Å². The fourth-order valence-electron chi connectivity index (χ4n) is 1.88. The lowest BCUT2D eigenvalue weighted by Gasteiger charge is -2.16. The number of hydrogen-bond donors (Lipinski definition) is 2. The maximum atomic E-state index is 9.51. The van der Waals surface area contributed by atoms with E-state index in [0.29, 0.717) is 17.5 Å². The molecular formula is C15H19ClN2OS. The van der Waals surface area contributed by atoms with Crippen LogP contribution < -0.4 is 5.32 Å². The van der Waals surface area contributed by atoms with Crippen LogP contribution in [0.15, 0.2) is 29.6 Å². The number of rotatable bonds is 6. The molecule has 0 aliphatic heterocycles. The molecule has 1 aromatic heterocycles. The fourth-order valence-corrected chi connectivity index (χ4v) is 2.84. The van der Waals surface area contributed by atoms with Crippen molar-refractivity contribution in [2.45, 2.75) is 32.4 Å². The monoisotopic (exact) mass is 310 g/mol. The van der Waals surface area contributed by atoms with Crippen LogP contribution in [0.4, 0.5) is 0 Å². The maximum Gasteiger partial charge on any atom is 0.0954 e. The molecule has 1 unspecified atom stereocenters. The summed E-state index contributed by atoms with van der Waals surface area (Å²) in [7, 11) is 0. The van der Waals surface area contributed by atoms with Gasteiger partial charge in [-0.3, -0.25) is 0 Å². The normalized spacial score (nSPS) is 12.8. The van der Waals surface area contributed by atoms with E-state index < -0.39 is 0 Å². The van der Waals surface area contributed by atoms with E-state index in [4.69, 9.17) is 11.6 Å². The Morgan fingerprint density at radius 1 is 1.30 bits per heavy atom.